The summed E-state index contributed by atoms with van der Waals surface area (Å²) in [4.78, 5) is 11.5. The van der Waals surface area contributed by atoms with Crippen LogP contribution < -0.4 is 4.74 Å². The normalized spacial score (nSPS) is 10.5. The van der Waals surface area contributed by atoms with Crippen LogP contribution in [-0.2, 0) is 4.74 Å². The Morgan fingerprint density at radius 1 is 1.41 bits per heavy atom. The topological polar surface area (TPSA) is 35.5 Å². The van der Waals surface area contributed by atoms with Crippen LogP contribution in [0.1, 0.15) is 17.3 Å². The monoisotopic (exact) mass is 284 g/mol. The minimum Gasteiger partial charge on any atom is -0.462 e. The maximum Gasteiger partial charge on any atom is 0.387 e. The van der Waals surface area contributed by atoms with Gasteiger partial charge in [-0.1, -0.05) is 23.2 Å². The molecule has 0 aliphatic heterocycles. The fraction of sp³-hybridized carbons (Fsp3) is 0.300. The van der Waals surface area contributed by atoms with Gasteiger partial charge < -0.3 is 9.47 Å². The number of esters is 1. The lowest BCUT2D eigenvalue weighted by Crippen LogP contribution is -2.11. The molecule has 0 atom stereocenters. The predicted octanol–water partition coefficient (Wildman–Crippen LogP) is 3.77. The molecule has 0 heterocycles. The molecule has 3 nitrogen and oxygen atoms in total. The molecule has 94 valence electrons. The first kappa shape index (κ1) is 14.0. The van der Waals surface area contributed by atoms with E-state index in [4.69, 9.17) is 23.2 Å². The maximum absolute atomic E-state index is 12.2. The quantitative estimate of drug-likeness (QED) is 0.790. The van der Waals surface area contributed by atoms with Crippen LogP contribution in [0.5, 0.6) is 5.75 Å². The molecule has 0 radical (unpaired) electrons. The second-order valence-corrected chi connectivity index (χ2v) is 3.70. The number of carbonyl (C=O) groups is 1. The van der Waals surface area contributed by atoms with Crippen LogP contribution in [0.15, 0.2) is 12.1 Å². The van der Waals surface area contributed by atoms with Crippen molar-refractivity contribution in [2.45, 2.75) is 13.5 Å². The zero-order chi connectivity index (χ0) is 13.0. The Morgan fingerprint density at radius 3 is 2.59 bits per heavy atom. The van der Waals surface area contributed by atoms with E-state index in [9.17, 15) is 13.6 Å². The molecular formula is C10H8Cl2F2O3. The number of ether oxygens (including phenoxy) is 2. The van der Waals surface area contributed by atoms with Crippen LogP contribution in [0.25, 0.3) is 0 Å². The van der Waals surface area contributed by atoms with Crippen LogP contribution in [0.3, 0.4) is 0 Å². The third-order valence-electron chi connectivity index (χ3n) is 1.71. The lowest BCUT2D eigenvalue weighted by molar-refractivity contribution is -0.0504. The summed E-state index contributed by atoms with van der Waals surface area (Å²) in [6.07, 6.45) is 0. The van der Waals surface area contributed by atoms with Crippen molar-refractivity contribution in [1.29, 1.82) is 0 Å². The standard InChI is InChI=1S/C10H8Cl2F2O3/c1-2-16-9(15)8-6(12)3-5(11)4-7(8)17-10(13)14/h3-4,10H,2H2,1H3. The largest absolute Gasteiger partial charge is 0.462 e. The summed E-state index contributed by atoms with van der Waals surface area (Å²) in [5, 5.41) is -0.0229. The predicted molar refractivity (Wildman–Crippen MR) is 59.1 cm³/mol. The molecule has 1 rings (SSSR count). The number of carbonyl (C=O) groups excluding carboxylic acids is 1. The van der Waals surface area contributed by atoms with Crippen molar-refractivity contribution in [3.8, 4) is 5.75 Å². The Balaban J connectivity index is 3.20. The molecule has 0 aromatic heterocycles. The summed E-state index contributed by atoms with van der Waals surface area (Å²) in [6, 6.07) is 2.32. The Bertz CT molecular complexity index is 424. The SMILES string of the molecule is CCOC(=O)c1c(Cl)cc(Cl)cc1OC(F)F. The number of alkyl halides is 2. The molecule has 17 heavy (non-hydrogen) atoms. The zero-order valence-corrected chi connectivity index (χ0v) is 10.2. The zero-order valence-electron chi connectivity index (χ0n) is 8.68. The van der Waals surface area contributed by atoms with Gasteiger partial charge in [0.2, 0.25) is 0 Å². The lowest BCUT2D eigenvalue weighted by atomic mass is 10.2. The van der Waals surface area contributed by atoms with E-state index in [-0.39, 0.29) is 22.2 Å². The molecule has 1 aromatic rings. The molecule has 0 unspecified atom stereocenters. The summed E-state index contributed by atoms with van der Waals surface area (Å²) in [7, 11) is 0. The van der Waals surface area contributed by atoms with Crippen LogP contribution >= 0.6 is 23.2 Å². The molecule has 7 heteroatoms. The highest BCUT2D eigenvalue weighted by atomic mass is 35.5. The Kier molecular flexibility index (Phi) is 4.96. The summed E-state index contributed by atoms with van der Waals surface area (Å²) < 4.78 is 33.2. The van der Waals surface area contributed by atoms with Gasteiger partial charge in [0, 0.05) is 11.1 Å². The van der Waals surface area contributed by atoms with Gasteiger partial charge in [0.1, 0.15) is 11.3 Å². The Hall–Kier alpha value is -1.07. The van der Waals surface area contributed by atoms with Crippen molar-refractivity contribution >= 4 is 29.2 Å². The van der Waals surface area contributed by atoms with E-state index >= 15 is 0 Å². The first-order valence-electron chi connectivity index (χ1n) is 4.56. The molecule has 0 N–H and O–H groups in total. The van der Waals surface area contributed by atoms with Gasteiger partial charge in [-0.2, -0.15) is 8.78 Å². The van der Waals surface area contributed by atoms with Crippen LogP contribution in [0, 0.1) is 0 Å². The van der Waals surface area contributed by atoms with Crippen molar-refractivity contribution in [3.63, 3.8) is 0 Å². The molecule has 0 aliphatic carbocycles. The fourth-order valence-electron chi connectivity index (χ4n) is 1.14. The van der Waals surface area contributed by atoms with Crippen molar-refractivity contribution in [1.82, 2.24) is 0 Å². The van der Waals surface area contributed by atoms with Gasteiger partial charge in [0.25, 0.3) is 0 Å². The molecule has 0 amide bonds. The molecule has 0 fully saturated rings. The van der Waals surface area contributed by atoms with Gasteiger partial charge in [0.15, 0.2) is 0 Å². The fourth-order valence-corrected chi connectivity index (χ4v) is 1.69. The van der Waals surface area contributed by atoms with Crippen LogP contribution in [0.2, 0.25) is 10.0 Å². The van der Waals surface area contributed by atoms with Gasteiger partial charge in [0.05, 0.1) is 11.6 Å². The number of benzene rings is 1. The highest BCUT2D eigenvalue weighted by Gasteiger charge is 2.21. The first-order chi connectivity index (χ1) is 7.95. The highest BCUT2D eigenvalue weighted by Crippen LogP contribution is 2.32. The number of halogens is 4. The number of hydrogen-bond donors (Lipinski definition) is 0. The van der Waals surface area contributed by atoms with E-state index in [0.717, 1.165) is 6.07 Å². The third kappa shape index (κ3) is 3.71. The Labute approximate surface area is 106 Å². The lowest BCUT2D eigenvalue weighted by Gasteiger charge is -2.11. The average Bonchev–Trinajstić information content (AvgIpc) is 2.15. The van der Waals surface area contributed by atoms with Crippen LogP contribution in [0.4, 0.5) is 8.78 Å². The Morgan fingerprint density at radius 2 is 2.06 bits per heavy atom. The smallest absolute Gasteiger partial charge is 0.387 e. The molecule has 0 saturated carbocycles. The average molecular weight is 285 g/mol. The van der Waals surface area contributed by atoms with Crippen LogP contribution in [-0.4, -0.2) is 19.2 Å². The minimum atomic E-state index is -3.09. The van der Waals surface area contributed by atoms with E-state index < -0.39 is 18.3 Å². The summed E-state index contributed by atoms with van der Waals surface area (Å²) >= 11 is 11.4. The second-order valence-electron chi connectivity index (χ2n) is 2.86. The van der Waals surface area contributed by atoms with Gasteiger partial charge in [-0.25, -0.2) is 4.79 Å². The summed E-state index contributed by atoms with van der Waals surface area (Å²) in [6.45, 7) is -1.42. The molecule has 1 aromatic carbocycles. The van der Waals surface area contributed by atoms with Crippen molar-refractivity contribution in [3.05, 3.63) is 27.7 Å². The van der Waals surface area contributed by atoms with Crippen molar-refractivity contribution in [2.75, 3.05) is 6.61 Å². The number of hydrogen-bond acceptors (Lipinski definition) is 3. The van der Waals surface area contributed by atoms with Crippen molar-refractivity contribution < 1.29 is 23.0 Å². The van der Waals surface area contributed by atoms with E-state index in [1.807, 2.05) is 0 Å². The van der Waals surface area contributed by atoms with Gasteiger partial charge in [-0.05, 0) is 13.0 Å². The molecule has 0 saturated heterocycles. The minimum absolute atomic E-state index is 0.0821. The molecular weight excluding hydrogens is 277 g/mol. The molecule has 0 spiro atoms. The van der Waals surface area contributed by atoms with E-state index in [0.29, 0.717) is 0 Å². The highest BCUT2D eigenvalue weighted by molar-refractivity contribution is 6.37. The maximum atomic E-state index is 12.2. The second kappa shape index (κ2) is 6.02. The van der Waals surface area contributed by atoms with Crippen molar-refractivity contribution in [2.24, 2.45) is 0 Å². The van der Waals surface area contributed by atoms with Gasteiger partial charge >= 0.3 is 12.6 Å². The molecule has 0 bridgehead atoms. The van der Waals surface area contributed by atoms with E-state index in [1.165, 1.54) is 6.07 Å². The summed E-state index contributed by atoms with van der Waals surface area (Å²) in [5.74, 6) is -1.25. The first-order valence-corrected chi connectivity index (χ1v) is 5.32. The summed E-state index contributed by atoms with van der Waals surface area (Å²) in [5.41, 5.74) is -0.266. The van der Waals surface area contributed by atoms with Gasteiger partial charge in [-0.15, -0.1) is 0 Å². The van der Waals surface area contributed by atoms with Gasteiger partial charge in [-0.3, -0.25) is 0 Å². The van der Waals surface area contributed by atoms with E-state index in [2.05, 4.69) is 9.47 Å². The van der Waals surface area contributed by atoms with E-state index in [1.54, 1.807) is 6.92 Å². The third-order valence-corrected chi connectivity index (χ3v) is 2.23. The molecule has 0 aliphatic rings. The number of rotatable bonds is 4.